The van der Waals surface area contributed by atoms with Crippen molar-refractivity contribution in [3.05, 3.63) is 0 Å². The molecule has 0 aromatic heterocycles. The van der Waals surface area contributed by atoms with Crippen LogP contribution in [-0.2, 0) is 9.59 Å². The Balaban J connectivity index is 0.00000392. The van der Waals surface area contributed by atoms with Gasteiger partial charge in [0.25, 0.3) is 0 Å². The van der Waals surface area contributed by atoms with Crippen molar-refractivity contribution < 1.29 is 9.59 Å². The number of hydrogen-bond acceptors (Lipinski definition) is 3. The van der Waals surface area contributed by atoms with E-state index in [9.17, 15) is 9.59 Å². The summed E-state index contributed by atoms with van der Waals surface area (Å²) >= 11 is 0. The minimum Gasteiger partial charge on any atom is -0.359 e. The summed E-state index contributed by atoms with van der Waals surface area (Å²) in [6, 6.07) is 0.364. The lowest BCUT2D eigenvalue weighted by atomic mass is 9.93. The van der Waals surface area contributed by atoms with Crippen molar-refractivity contribution in [2.24, 2.45) is 10.9 Å². The van der Waals surface area contributed by atoms with E-state index in [4.69, 9.17) is 4.99 Å². The Labute approximate surface area is 187 Å². The molecular formula is C20H38IN5O2. The van der Waals surface area contributed by atoms with E-state index in [2.05, 4.69) is 29.4 Å². The lowest BCUT2D eigenvalue weighted by Gasteiger charge is -2.34. The molecule has 8 heteroatoms. The fourth-order valence-electron chi connectivity index (χ4n) is 4.01. The summed E-state index contributed by atoms with van der Waals surface area (Å²) in [5, 5.41) is 6.06. The van der Waals surface area contributed by atoms with Gasteiger partial charge in [-0.2, -0.15) is 0 Å². The quantitative estimate of drug-likeness (QED) is 0.329. The molecule has 0 bridgehead atoms. The third-order valence-corrected chi connectivity index (χ3v) is 5.71. The second-order valence-electron chi connectivity index (χ2n) is 7.73. The van der Waals surface area contributed by atoms with Crippen molar-refractivity contribution >= 4 is 41.8 Å². The van der Waals surface area contributed by atoms with Crippen LogP contribution in [0.2, 0.25) is 0 Å². The first-order chi connectivity index (χ1) is 13.0. The van der Waals surface area contributed by atoms with Crippen LogP contribution in [-0.4, -0.2) is 73.4 Å². The summed E-state index contributed by atoms with van der Waals surface area (Å²) in [6.45, 7) is 8.26. The number of amides is 2. The predicted octanol–water partition coefficient (Wildman–Crippen LogP) is 2.21. The van der Waals surface area contributed by atoms with E-state index in [1.54, 1.807) is 7.05 Å². The van der Waals surface area contributed by atoms with Crippen molar-refractivity contribution in [3.8, 4) is 0 Å². The van der Waals surface area contributed by atoms with Crippen LogP contribution in [0.5, 0.6) is 0 Å². The van der Waals surface area contributed by atoms with E-state index >= 15 is 0 Å². The summed E-state index contributed by atoms with van der Waals surface area (Å²) in [5.74, 6) is 1.70. The highest BCUT2D eigenvalue weighted by Gasteiger charge is 2.24. The maximum absolute atomic E-state index is 12.5. The van der Waals surface area contributed by atoms with E-state index < -0.39 is 0 Å². The van der Waals surface area contributed by atoms with Crippen LogP contribution in [0.4, 0.5) is 0 Å². The van der Waals surface area contributed by atoms with Gasteiger partial charge in [0.15, 0.2) is 5.96 Å². The second-order valence-corrected chi connectivity index (χ2v) is 7.73. The standard InChI is InChI=1S/C20H37N5O2.HI/c1-4-22-20(24-13-9-17(10-14-24)15-18(26)21-3)23-11-8-19(27)25-12-6-5-7-16(25)2;/h16-17H,4-15H2,1-3H3,(H,21,26)(H,22,23);1H. The third-order valence-electron chi connectivity index (χ3n) is 5.71. The largest absolute Gasteiger partial charge is 0.359 e. The van der Waals surface area contributed by atoms with Crippen LogP contribution < -0.4 is 10.6 Å². The molecule has 2 aliphatic rings. The molecule has 0 saturated carbocycles. The van der Waals surface area contributed by atoms with Gasteiger partial charge in [-0.1, -0.05) is 0 Å². The van der Waals surface area contributed by atoms with Gasteiger partial charge in [-0.25, -0.2) is 0 Å². The summed E-state index contributed by atoms with van der Waals surface area (Å²) in [4.78, 5) is 33.0. The van der Waals surface area contributed by atoms with Crippen LogP contribution in [0.25, 0.3) is 0 Å². The Morgan fingerprint density at radius 2 is 1.82 bits per heavy atom. The summed E-state index contributed by atoms with van der Waals surface area (Å²) in [6.07, 6.45) is 6.55. The van der Waals surface area contributed by atoms with Crippen molar-refractivity contribution in [2.45, 2.75) is 64.8 Å². The molecule has 2 saturated heterocycles. The molecule has 28 heavy (non-hydrogen) atoms. The molecule has 2 fully saturated rings. The van der Waals surface area contributed by atoms with Gasteiger partial charge in [0.1, 0.15) is 0 Å². The fourth-order valence-corrected chi connectivity index (χ4v) is 4.01. The molecule has 0 radical (unpaired) electrons. The summed E-state index contributed by atoms with van der Waals surface area (Å²) in [5.41, 5.74) is 0. The Morgan fingerprint density at radius 1 is 1.11 bits per heavy atom. The maximum Gasteiger partial charge on any atom is 0.224 e. The van der Waals surface area contributed by atoms with E-state index in [1.807, 2.05) is 4.90 Å². The van der Waals surface area contributed by atoms with Gasteiger partial charge in [0, 0.05) is 52.1 Å². The molecule has 2 heterocycles. The Hall–Kier alpha value is -1.06. The number of carbonyl (C=O) groups excluding carboxylic acids is 2. The van der Waals surface area contributed by atoms with Crippen LogP contribution in [0.3, 0.4) is 0 Å². The molecule has 162 valence electrons. The van der Waals surface area contributed by atoms with Crippen LogP contribution in [0.1, 0.15) is 58.8 Å². The monoisotopic (exact) mass is 507 g/mol. The van der Waals surface area contributed by atoms with Gasteiger partial charge < -0.3 is 20.4 Å². The Bertz CT molecular complexity index is 521. The minimum atomic E-state index is 0. The van der Waals surface area contributed by atoms with Gasteiger partial charge in [-0.3, -0.25) is 14.6 Å². The van der Waals surface area contributed by atoms with Gasteiger partial charge in [0.05, 0.1) is 6.54 Å². The normalized spacial score (nSPS) is 21.1. The first-order valence-corrected chi connectivity index (χ1v) is 10.6. The number of hydrogen-bond donors (Lipinski definition) is 2. The molecule has 2 N–H and O–H groups in total. The topological polar surface area (TPSA) is 77.0 Å². The first-order valence-electron chi connectivity index (χ1n) is 10.6. The molecule has 2 amide bonds. The molecule has 2 aliphatic heterocycles. The number of rotatable bonds is 6. The Morgan fingerprint density at radius 3 is 2.43 bits per heavy atom. The van der Waals surface area contributed by atoms with Crippen LogP contribution in [0, 0.1) is 5.92 Å². The average Bonchev–Trinajstić information content (AvgIpc) is 2.68. The highest BCUT2D eigenvalue weighted by atomic mass is 127. The lowest BCUT2D eigenvalue weighted by Crippen LogP contribution is -2.46. The number of aliphatic imine (C=N–C) groups is 1. The zero-order valence-corrected chi connectivity index (χ0v) is 20.0. The Kier molecular flexibility index (Phi) is 11.8. The van der Waals surface area contributed by atoms with Gasteiger partial charge in [-0.05, 0) is 51.9 Å². The molecule has 0 spiro atoms. The molecule has 0 aromatic carbocycles. The zero-order valence-electron chi connectivity index (χ0n) is 17.7. The summed E-state index contributed by atoms with van der Waals surface area (Å²) in [7, 11) is 1.69. The molecule has 0 aliphatic carbocycles. The van der Waals surface area contributed by atoms with Crippen LogP contribution in [0.15, 0.2) is 4.99 Å². The van der Waals surface area contributed by atoms with Crippen molar-refractivity contribution in [1.82, 2.24) is 20.4 Å². The van der Waals surface area contributed by atoms with E-state index in [-0.39, 0.29) is 35.8 Å². The number of guanidine groups is 1. The molecule has 7 nitrogen and oxygen atoms in total. The van der Waals surface area contributed by atoms with E-state index in [0.717, 1.165) is 57.8 Å². The molecular weight excluding hydrogens is 469 g/mol. The van der Waals surface area contributed by atoms with E-state index in [0.29, 0.717) is 31.3 Å². The van der Waals surface area contributed by atoms with Crippen molar-refractivity contribution in [3.63, 3.8) is 0 Å². The molecule has 1 atom stereocenters. The fraction of sp³-hybridized carbons (Fsp3) is 0.850. The number of halogens is 1. The number of nitrogens with one attached hydrogen (secondary N) is 2. The molecule has 1 unspecified atom stereocenters. The van der Waals surface area contributed by atoms with Gasteiger partial charge >= 0.3 is 0 Å². The highest BCUT2D eigenvalue weighted by molar-refractivity contribution is 14.0. The molecule has 2 rings (SSSR count). The SMILES string of the molecule is CCNC(=NCCC(=O)N1CCCCC1C)N1CCC(CC(=O)NC)CC1.I. The first kappa shape index (κ1) is 25.0. The van der Waals surface area contributed by atoms with Crippen LogP contribution >= 0.6 is 24.0 Å². The number of carbonyl (C=O) groups is 2. The maximum atomic E-state index is 12.5. The smallest absolute Gasteiger partial charge is 0.224 e. The highest BCUT2D eigenvalue weighted by Crippen LogP contribution is 2.21. The minimum absolute atomic E-state index is 0. The van der Waals surface area contributed by atoms with Crippen molar-refractivity contribution in [1.29, 1.82) is 0 Å². The molecule has 0 aromatic rings. The number of piperidine rings is 2. The average molecular weight is 507 g/mol. The third kappa shape index (κ3) is 7.75. The lowest BCUT2D eigenvalue weighted by molar-refractivity contribution is -0.134. The summed E-state index contributed by atoms with van der Waals surface area (Å²) < 4.78 is 0. The number of likely N-dealkylation sites (tertiary alicyclic amines) is 2. The number of nitrogens with zero attached hydrogens (tertiary/aromatic N) is 3. The van der Waals surface area contributed by atoms with Gasteiger partial charge in [0.2, 0.25) is 11.8 Å². The predicted molar refractivity (Wildman–Crippen MR) is 124 cm³/mol. The van der Waals surface area contributed by atoms with Gasteiger partial charge in [-0.15, -0.1) is 24.0 Å². The van der Waals surface area contributed by atoms with Crippen molar-refractivity contribution in [2.75, 3.05) is 39.8 Å². The zero-order chi connectivity index (χ0) is 19.6. The van der Waals surface area contributed by atoms with E-state index in [1.165, 1.54) is 6.42 Å². The second kappa shape index (κ2) is 13.2.